The van der Waals surface area contributed by atoms with E-state index in [-0.39, 0.29) is 0 Å². The summed E-state index contributed by atoms with van der Waals surface area (Å²) in [6.45, 7) is 4.23. The first-order chi connectivity index (χ1) is 7.76. The highest BCUT2D eigenvalue weighted by atomic mass is 127. The van der Waals surface area contributed by atoms with Crippen molar-refractivity contribution >= 4 is 22.6 Å². The summed E-state index contributed by atoms with van der Waals surface area (Å²) in [5.74, 6) is 0.868. The third kappa shape index (κ3) is 2.09. The molecular formula is C11H13IN4. The van der Waals surface area contributed by atoms with Gasteiger partial charge in [0.1, 0.15) is 6.33 Å². The Kier molecular flexibility index (Phi) is 3.52. The Morgan fingerprint density at radius 3 is 2.75 bits per heavy atom. The Morgan fingerprint density at radius 1 is 1.31 bits per heavy atom. The summed E-state index contributed by atoms with van der Waals surface area (Å²) in [7, 11) is 0. The van der Waals surface area contributed by atoms with E-state index in [2.05, 4.69) is 57.6 Å². The molecule has 0 atom stereocenters. The van der Waals surface area contributed by atoms with Gasteiger partial charge in [-0.3, -0.25) is 0 Å². The molecule has 0 radical (unpaired) electrons. The van der Waals surface area contributed by atoms with Gasteiger partial charge in [0.05, 0.1) is 9.26 Å². The van der Waals surface area contributed by atoms with Gasteiger partial charge in [-0.1, -0.05) is 13.8 Å². The molecule has 0 fully saturated rings. The number of rotatable bonds is 3. The third-order valence-corrected chi connectivity index (χ3v) is 3.17. The van der Waals surface area contributed by atoms with Crippen LogP contribution in [0.1, 0.15) is 25.2 Å². The minimum absolute atomic E-state index is 0.868. The van der Waals surface area contributed by atoms with E-state index in [4.69, 9.17) is 0 Å². The maximum Gasteiger partial charge on any atom is 0.170 e. The number of aryl methyl sites for hydroxylation is 2. The van der Waals surface area contributed by atoms with Gasteiger partial charge < -0.3 is 0 Å². The van der Waals surface area contributed by atoms with Crippen LogP contribution in [-0.2, 0) is 12.8 Å². The quantitative estimate of drug-likeness (QED) is 0.813. The van der Waals surface area contributed by atoms with E-state index in [9.17, 15) is 0 Å². The Morgan fingerprint density at radius 2 is 2.12 bits per heavy atom. The van der Waals surface area contributed by atoms with Crippen LogP contribution in [0.15, 0.2) is 18.6 Å². The fraction of sp³-hybridized carbons (Fsp3) is 0.364. The van der Waals surface area contributed by atoms with Crippen LogP contribution in [0.4, 0.5) is 0 Å². The molecule has 2 heterocycles. The molecule has 0 aliphatic rings. The van der Waals surface area contributed by atoms with Gasteiger partial charge >= 0.3 is 0 Å². The summed E-state index contributed by atoms with van der Waals surface area (Å²) in [5, 5.41) is 4.55. The summed E-state index contributed by atoms with van der Waals surface area (Å²) < 4.78 is 2.93. The van der Waals surface area contributed by atoms with Crippen LogP contribution in [-0.4, -0.2) is 19.7 Å². The zero-order valence-corrected chi connectivity index (χ0v) is 11.5. The molecule has 16 heavy (non-hydrogen) atoms. The van der Waals surface area contributed by atoms with Crippen LogP contribution in [0.25, 0.3) is 5.82 Å². The fourth-order valence-electron chi connectivity index (χ4n) is 1.55. The number of halogens is 1. The Hall–Kier alpha value is -0.980. The Labute approximate surface area is 108 Å². The SMILES string of the molecule is CCc1cc(CC)n(-c2ncncc2I)n1. The predicted octanol–water partition coefficient (Wildman–Crippen LogP) is 2.39. The lowest BCUT2D eigenvalue weighted by atomic mass is 10.2. The highest BCUT2D eigenvalue weighted by Gasteiger charge is 2.10. The van der Waals surface area contributed by atoms with E-state index < -0.39 is 0 Å². The maximum atomic E-state index is 4.55. The van der Waals surface area contributed by atoms with E-state index in [1.807, 2.05) is 4.68 Å². The Bertz CT molecular complexity index is 492. The third-order valence-electron chi connectivity index (χ3n) is 2.41. The molecule has 0 bridgehead atoms. The second-order valence-corrected chi connectivity index (χ2v) is 4.60. The van der Waals surface area contributed by atoms with Crippen molar-refractivity contribution in [1.29, 1.82) is 0 Å². The van der Waals surface area contributed by atoms with Crippen molar-refractivity contribution in [2.45, 2.75) is 26.7 Å². The van der Waals surface area contributed by atoms with Crippen molar-refractivity contribution in [2.24, 2.45) is 0 Å². The lowest BCUT2D eigenvalue weighted by molar-refractivity contribution is 0.764. The predicted molar refractivity (Wildman–Crippen MR) is 70.6 cm³/mol. The fourth-order valence-corrected chi connectivity index (χ4v) is 2.07. The second kappa shape index (κ2) is 4.90. The van der Waals surface area contributed by atoms with Crippen LogP contribution >= 0.6 is 22.6 Å². The van der Waals surface area contributed by atoms with Crippen molar-refractivity contribution in [3.05, 3.63) is 33.5 Å². The molecule has 2 aromatic rings. The van der Waals surface area contributed by atoms with Gasteiger partial charge in [0, 0.05) is 11.9 Å². The molecule has 0 spiro atoms. The average Bonchev–Trinajstić information content (AvgIpc) is 2.72. The minimum Gasteiger partial charge on any atom is -0.244 e. The van der Waals surface area contributed by atoms with Gasteiger partial charge in [-0.15, -0.1) is 0 Å². The Balaban J connectivity index is 2.54. The second-order valence-electron chi connectivity index (χ2n) is 3.44. The topological polar surface area (TPSA) is 43.6 Å². The van der Waals surface area contributed by atoms with Crippen LogP contribution in [0, 0.1) is 3.57 Å². The van der Waals surface area contributed by atoms with Crippen LogP contribution in [0.3, 0.4) is 0 Å². The van der Waals surface area contributed by atoms with E-state index in [1.54, 1.807) is 12.5 Å². The molecule has 5 heteroatoms. The first kappa shape index (κ1) is 11.5. The summed E-state index contributed by atoms with van der Waals surface area (Å²) in [6, 6.07) is 2.14. The molecule has 0 N–H and O–H groups in total. The van der Waals surface area contributed by atoms with Crippen molar-refractivity contribution in [3.63, 3.8) is 0 Å². The molecule has 0 aliphatic heterocycles. The van der Waals surface area contributed by atoms with Crippen molar-refractivity contribution in [3.8, 4) is 5.82 Å². The van der Waals surface area contributed by atoms with Gasteiger partial charge in [0.25, 0.3) is 0 Å². The van der Waals surface area contributed by atoms with Gasteiger partial charge in [0.15, 0.2) is 5.82 Å². The average molecular weight is 328 g/mol. The first-order valence-corrected chi connectivity index (χ1v) is 6.37. The van der Waals surface area contributed by atoms with E-state index in [0.29, 0.717) is 0 Å². The van der Waals surface area contributed by atoms with Gasteiger partial charge in [0.2, 0.25) is 0 Å². The smallest absolute Gasteiger partial charge is 0.170 e. The molecule has 0 saturated carbocycles. The molecule has 2 rings (SSSR count). The van der Waals surface area contributed by atoms with Crippen LogP contribution in [0.5, 0.6) is 0 Å². The summed E-state index contributed by atoms with van der Waals surface area (Å²) in [5.41, 5.74) is 2.29. The van der Waals surface area contributed by atoms with Gasteiger partial charge in [-0.05, 0) is 41.5 Å². The molecule has 2 aromatic heterocycles. The summed E-state index contributed by atoms with van der Waals surface area (Å²) in [6.07, 6.45) is 5.26. The number of aromatic nitrogens is 4. The lowest BCUT2D eigenvalue weighted by Gasteiger charge is -2.05. The summed E-state index contributed by atoms with van der Waals surface area (Å²) >= 11 is 2.23. The highest BCUT2D eigenvalue weighted by molar-refractivity contribution is 14.1. The van der Waals surface area contributed by atoms with Crippen LogP contribution < -0.4 is 0 Å². The van der Waals surface area contributed by atoms with Gasteiger partial charge in [-0.2, -0.15) is 5.10 Å². The molecule has 0 amide bonds. The largest absolute Gasteiger partial charge is 0.244 e. The number of hydrogen-bond acceptors (Lipinski definition) is 3. The van der Waals surface area contributed by atoms with E-state index >= 15 is 0 Å². The van der Waals surface area contributed by atoms with E-state index in [1.165, 1.54) is 5.69 Å². The molecule has 0 saturated heterocycles. The standard InChI is InChI=1S/C11H13IN4/c1-3-8-5-9(4-2)16(15-8)11-10(12)6-13-7-14-11/h5-7H,3-4H2,1-2H3. The maximum absolute atomic E-state index is 4.55. The van der Waals surface area contributed by atoms with Crippen molar-refractivity contribution in [1.82, 2.24) is 19.7 Å². The number of hydrogen-bond donors (Lipinski definition) is 0. The summed E-state index contributed by atoms with van der Waals surface area (Å²) in [4.78, 5) is 8.28. The van der Waals surface area contributed by atoms with E-state index in [0.717, 1.165) is 27.9 Å². The molecule has 84 valence electrons. The molecule has 0 aromatic carbocycles. The first-order valence-electron chi connectivity index (χ1n) is 5.30. The van der Waals surface area contributed by atoms with Crippen LogP contribution in [0.2, 0.25) is 0 Å². The van der Waals surface area contributed by atoms with Crippen molar-refractivity contribution in [2.75, 3.05) is 0 Å². The van der Waals surface area contributed by atoms with Gasteiger partial charge in [-0.25, -0.2) is 14.6 Å². The number of nitrogens with zero attached hydrogens (tertiary/aromatic N) is 4. The highest BCUT2D eigenvalue weighted by Crippen LogP contribution is 2.16. The lowest BCUT2D eigenvalue weighted by Crippen LogP contribution is -2.06. The minimum atomic E-state index is 0.868. The monoisotopic (exact) mass is 328 g/mol. The van der Waals surface area contributed by atoms with Crippen molar-refractivity contribution < 1.29 is 0 Å². The normalized spacial score (nSPS) is 10.7. The zero-order valence-electron chi connectivity index (χ0n) is 9.31. The molecule has 0 aliphatic carbocycles. The molecule has 0 unspecified atom stereocenters. The molecule has 4 nitrogen and oxygen atoms in total. The molecular weight excluding hydrogens is 315 g/mol. The zero-order chi connectivity index (χ0) is 11.5.